The van der Waals surface area contributed by atoms with Crippen LogP contribution in [-0.4, -0.2) is 37.3 Å². The summed E-state index contributed by atoms with van der Waals surface area (Å²) in [4.78, 5) is 16.4. The number of benzene rings is 1. The Morgan fingerprint density at radius 2 is 1.84 bits per heavy atom. The third-order valence-electron chi connectivity index (χ3n) is 3.33. The number of methoxy groups -OCH3 is 1. The van der Waals surface area contributed by atoms with Gasteiger partial charge in [-0.05, 0) is 56.7 Å². The van der Waals surface area contributed by atoms with E-state index in [9.17, 15) is 4.79 Å². The SMILES string of the molecule is COCCCNc1ccc(C(=O)Nc2ccc(OC(C)C)cc2)nc1. The molecule has 2 N–H and O–H groups in total. The maximum Gasteiger partial charge on any atom is 0.274 e. The van der Waals surface area contributed by atoms with Crippen molar-refractivity contribution in [3.8, 4) is 5.75 Å². The van der Waals surface area contributed by atoms with Gasteiger partial charge in [-0.25, -0.2) is 4.98 Å². The summed E-state index contributed by atoms with van der Waals surface area (Å²) in [5, 5.41) is 6.05. The highest BCUT2D eigenvalue weighted by Gasteiger charge is 2.08. The highest BCUT2D eigenvalue weighted by molar-refractivity contribution is 6.02. The Bertz CT molecular complexity index is 655. The lowest BCUT2D eigenvalue weighted by Crippen LogP contribution is -2.14. The Morgan fingerprint density at radius 1 is 1.12 bits per heavy atom. The molecule has 0 saturated carbocycles. The second kappa shape index (κ2) is 9.64. The molecule has 0 fully saturated rings. The van der Waals surface area contributed by atoms with Crippen molar-refractivity contribution in [1.29, 1.82) is 0 Å². The highest BCUT2D eigenvalue weighted by atomic mass is 16.5. The van der Waals surface area contributed by atoms with Gasteiger partial charge in [0.2, 0.25) is 0 Å². The topological polar surface area (TPSA) is 72.5 Å². The Balaban J connectivity index is 1.87. The Hall–Kier alpha value is -2.60. The average Bonchev–Trinajstić information content (AvgIpc) is 2.60. The molecule has 6 nitrogen and oxygen atoms in total. The Morgan fingerprint density at radius 3 is 2.44 bits per heavy atom. The van der Waals surface area contributed by atoms with E-state index < -0.39 is 0 Å². The highest BCUT2D eigenvalue weighted by Crippen LogP contribution is 2.17. The molecule has 0 atom stereocenters. The molecular weight excluding hydrogens is 318 g/mol. The second-order valence-corrected chi connectivity index (χ2v) is 5.85. The van der Waals surface area contributed by atoms with Crippen molar-refractivity contribution in [3.05, 3.63) is 48.3 Å². The van der Waals surface area contributed by atoms with Crippen LogP contribution in [-0.2, 0) is 4.74 Å². The molecule has 0 unspecified atom stereocenters. The molecule has 1 amide bonds. The number of carbonyl (C=O) groups is 1. The lowest BCUT2D eigenvalue weighted by atomic mass is 10.2. The van der Waals surface area contributed by atoms with E-state index in [4.69, 9.17) is 9.47 Å². The Labute approximate surface area is 148 Å². The number of ether oxygens (including phenoxy) is 2. The monoisotopic (exact) mass is 343 g/mol. The van der Waals surface area contributed by atoms with Crippen LogP contribution in [0, 0.1) is 0 Å². The minimum absolute atomic E-state index is 0.117. The summed E-state index contributed by atoms with van der Waals surface area (Å²) in [6.07, 6.45) is 2.68. The lowest BCUT2D eigenvalue weighted by molar-refractivity contribution is 0.102. The fourth-order valence-electron chi connectivity index (χ4n) is 2.17. The first-order chi connectivity index (χ1) is 12.1. The van der Waals surface area contributed by atoms with Gasteiger partial charge in [-0.2, -0.15) is 0 Å². The first-order valence-corrected chi connectivity index (χ1v) is 8.35. The van der Waals surface area contributed by atoms with Crippen molar-refractivity contribution in [1.82, 2.24) is 4.98 Å². The molecule has 1 aromatic heterocycles. The van der Waals surface area contributed by atoms with Gasteiger partial charge in [-0.1, -0.05) is 0 Å². The molecule has 2 rings (SSSR count). The van der Waals surface area contributed by atoms with Crippen LogP contribution in [0.1, 0.15) is 30.8 Å². The molecule has 134 valence electrons. The van der Waals surface area contributed by atoms with Gasteiger partial charge >= 0.3 is 0 Å². The molecule has 1 heterocycles. The van der Waals surface area contributed by atoms with Crippen LogP contribution >= 0.6 is 0 Å². The second-order valence-electron chi connectivity index (χ2n) is 5.85. The smallest absolute Gasteiger partial charge is 0.274 e. The molecule has 0 bridgehead atoms. The molecule has 0 aliphatic heterocycles. The van der Waals surface area contributed by atoms with E-state index in [1.807, 2.05) is 32.0 Å². The van der Waals surface area contributed by atoms with E-state index in [-0.39, 0.29) is 12.0 Å². The number of anilines is 2. The predicted octanol–water partition coefficient (Wildman–Crippen LogP) is 3.57. The fraction of sp³-hybridized carbons (Fsp3) is 0.368. The molecule has 0 aliphatic rings. The summed E-state index contributed by atoms with van der Waals surface area (Å²) < 4.78 is 10.6. The number of aromatic nitrogens is 1. The van der Waals surface area contributed by atoms with Gasteiger partial charge in [0, 0.05) is 25.9 Å². The maximum atomic E-state index is 12.2. The average molecular weight is 343 g/mol. The number of pyridine rings is 1. The predicted molar refractivity (Wildman–Crippen MR) is 99.4 cm³/mol. The van der Waals surface area contributed by atoms with Crippen LogP contribution in [0.3, 0.4) is 0 Å². The van der Waals surface area contributed by atoms with Gasteiger partial charge in [-0.3, -0.25) is 4.79 Å². The van der Waals surface area contributed by atoms with Crippen molar-refractivity contribution in [2.75, 3.05) is 30.9 Å². The van der Waals surface area contributed by atoms with Crippen molar-refractivity contribution >= 4 is 17.3 Å². The van der Waals surface area contributed by atoms with Crippen molar-refractivity contribution in [3.63, 3.8) is 0 Å². The van der Waals surface area contributed by atoms with Gasteiger partial charge in [0.05, 0.1) is 18.0 Å². The summed E-state index contributed by atoms with van der Waals surface area (Å²) >= 11 is 0. The van der Waals surface area contributed by atoms with E-state index in [1.54, 1.807) is 31.5 Å². The molecule has 0 spiro atoms. The standard InChI is InChI=1S/C19H25N3O3/c1-14(2)25-17-8-5-15(6-9-17)22-19(23)18-10-7-16(13-21-18)20-11-4-12-24-3/h5-10,13-14,20H,4,11-12H2,1-3H3,(H,22,23). The van der Waals surface area contributed by atoms with Gasteiger partial charge < -0.3 is 20.1 Å². The molecule has 2 aromatic rings. The van der Waals surface area contributed by atoms with Crippen LogP contribution in [0.25, 0.3) is 0 Å². The summed E-state index contributed by atoms with van der Waals surface area (Å²) in [5.74, 6) is 0.526. The number of nitrogens with one attached hydrogen (secondary N) is 2. The number of amides is 1. The minimum Gasteiger partial charge on any atom is -0.491 e. The summed E-state index contributed by atoms with van der Waals surface area (Å²) in [5.41, 5.74) is 1.94. The zero-order chi connectivity index (χ0) is 18.1. The van der Waals surface area contributed by atoms with E-state index in [2.05, 4.69) is 15.6 Å². The maximum absolute atomic E-state index is 12.2. The van der Waals surface area contributed by atoms with Gasteiger partial charge in [0.15, 0.2) is 0 Å². The molecule has 1 aromatic carbocycles. The number of rotatable bonds is 9. The summed E-state index contributed by atoms with van der Waals surface area (Å²) in [7, 11) is 1.68. The van der Waals surface area contributed by atoms with Crippen molar-refractivity contribution < 1.29 is 14.3 Å². The molecular formula is C19H25N3O3. The third-order valence-corrected chi connectivity index (χ3v) is 3.33. The van der Waals surface area contributed by atoms with E-state index in [0.29, 0.717) is 18.0 Å². The van der Waals surface area contributed by atoms with Gasteiger partial charge in [-0.15, -0.1) is 0 Å². The largest absolute Gasteiger partial charge is 0.491 e. The van der Waals surface area contributed by atoms with Crippen LogP contribution < -0.4 is 15.4 Å². The van der Waals surface area contributed by atoms with Crippen molar-refractivity contribution in [2.24, 2.45) is 0 Å². The van der Waals surface area contributed by atoms with Crippen molar-refractivity contribution in [2.45, 2.75) is 26.4 Å². The summed E-state index contributed by atoms with van der Waals surface area (Å²) in [6, 6.07) is 10.8. The number of nitrogens with zero attached hydrogens (tertiary/aromatic N) is 1. The molecule has 25 heavy (non-hydrogen) atoms. The molecule has 6 heteroatoms. The van der Waals surface area contributed by atoms with Gasteiger partial charge in [0.1, 0.15) is 11.4 Å². The van der Waals surface area contributed by atoms with Gasteiger partial charge in [0.25, 0.3) is 5.91 Å². The normalized spacial score (nSPS) is 10.6. The van der Waals surface area contributed by atoms with Crippen LogP contribution in [0.15, 0.2) is 42.6 Å². The van der Waals surface area contributed by atoms with Crippen LogP contribution in [0.4, 0.5) is 11.4 Å². The molecule has 0 saturated heterocycles. The third kappa shape index (κ3) is 6.43. The van der Waals surface area contributed by atoms with E-state index in [1.165, 1.54) is 0 Å². The zero-order valence-corrected chi connectivity index (χ0v) is 14.9. The number of hydrogen-bond donors (Lipinski definition) is 2. The number of carbonyl (C=O) groups excluding carboxylic acids is 1. The quantitative estimate of drug-likeness (QED) is 0.681. The van der Waals surface area contributed by atoms with E-state index in [0.717, 1.165) is 24.4 Å². The molecule has 0 radical (unpaired) electrons. The minimum atomic E-state index is -0.247. The van der Waals surface area contributed by atoms with Crippen LogP contribution in [0.5, 0.6) is 5.75 Å². The first kappa shape index (κ1) is 18.7. The molecule has 0 aliphatic carbocycles. The van der Waals surface area contributed by atoms with E-state index >= 15 is 0 Å². The lowest BCUT2D eigenvalue weighted by Gasteiger charge is -2.11. The number of hydrogen-bond acceptors (Lipinski definition) is 5. The fourth-order valence-corrected chi connectivity index (χ4v) is 2.17. The van der Waals surface area contributed by atoms with Crippen LogP contribution in [0.2, 0.25) is 0 Å². The summed E-state index contributed by atoms with van der Waals surface area (Å²) in [6.45, 7) is 5.45. The Kier molecular flexibility index (Phi) is 7.22. The first-order valence-electron chi connectivity index (χ1n) is 8.35. The zero-order valence-electron chi connectivity index (χ0n) is 14.9.